The van der Waals surface area contributed by atoms with Crippen molar-refractivity contribution in [1.29, 1.82) is 0 Å². The van der Waals surface area contributed by atoms with Crippen LogP contribution in [0.15, 0.2) is 79.1 Å². The SMILES string of the molecule is CC(=O)C1CNCC(Cc2ccccc2)C1.CC(=O)c1cncc(Cc2ccccc2)c1.CO. The van der Waals surface area contributed by atoms with Gasteiger partial charge in [0.15, 0.2) is 5.78 Å². The van der Waals surface area contributed by atoms with Gasteiger partial charge < -0.3 is 10.4 Å². The molecule has 2 atom stereocenters. The van der Waals surface area contributed by atoms with Gasteiger partial charge in [-0.25, -0.2) is 0 Å². The van der Waals surface area contributed by atoms with Crippen LogP contribution in [0.25, 0.3) is 0 Å². The van der Waals surface area contributed by atoms with E-state index in [9.17, 15) is 9.59 Å². The number of piperidine rings is 1. The zero-order valence-corrected chi connectivity index (χ0v) is 20.4. The van der Waals surface area contributed by atoms with Crippen molar-refractivity contribution in [2.45, 2.75) is 33.1 Å². The molecule has 0 radical (unpaired) electrons. The monoisotopic (exact) mass is 460 g/mol. The van der Waals surface area contributed by atoms with Crippen molar-refractivity contribution in [3.8, 4) is 0 Å². The van der Waals surface area contributed by atoms with Crippen molar-refractivity contribution in [1.82, 2.24) is 10.3 Å². The molecule has 0 amide bonds. The van der Waals surface area contributed by atoms with Crippen molar-refractivity contribution in [3.63, 3.8) is 0 Å². The molecule has 0 bridgehead atoms. The number of nitrogens with one attached hydrogen (secondary N) is 1. The fourth-order valence-electron chi connectivity index (χ4n) is 4.05. The number of ketones is 2. The number of carbonyl (C=O) groups is 2. The van der Waals surface area contributed by atoms with Crippen molar-refractivity contribution in [2.24, 2.45) is 11.8 Å². The van der Waals surface area contributed by atoms with Gasteiger partial charge in [-0.15, -0.1) is 0 Å². The molecule has 2 unspecified atom stereocenters. The number of hydrogen-bond donors (Lipinski definition) is 2. The molecule has 34 heavy (non-hydrogen) atoms. The molecule has 2 aromatic carbocycles. The summed E-state index contributed by atoms with van der Waals surface area (Å²) in [5.74, 6) is 1.21. The Hall–Kier alpha value is -3.15. The van der Waals surface area contributed by atoms with E-state index in [1.807, 2.05) is 30.3 Å². The van der Waals surface area contributed by atoms with Gasteiger partial charge in [-0.1, -0.05) is 60.7 Å². The van der Waals surface area contributed by atoms with E-state index in [1.165, 1.54) is 11.1 Å². The van der Waals surface area contributed by atoms with Gasteiger partial charge in [-0.2, -0.15) is 0 Å². The summed E-state index contributed by atoms with van der Waals surface area (Å²) in [4.78, 5) is 26.6. The second-order valence-electron chi connectivity index (χ2n) is 8.56. The number of aliphatic hydroxyl groups is 1. The lowest BCUT2D eigenvalue weighted by molar-refractivity contribution is -0.121. The lowest BCUT2D eigenvalue weighted by Gasteiger charge is -2.28. The van der Waals surface area contributed by atoms with E-state index in [-0.39, 0.29) is 11.7 Å². The number of Topliss-reactive ketones (excluding diaryl/α,β-unsaturated/α-hetero) is 2. The Morgan fingerprint density at radius 2 is 1.50 bits per heavy atom. The van der Waals surface area contributed by atoms with E-state index in [0.29, 0.717) is 17.3 Å². The topological polar surface area (TPSA) is 79.3 Å². The van der Waals surface area contributed by atoms with E-state index in [4.69, 9.17) is 5.11 Å². The van der Waals surface area contributed by atoms with Crippen molar-refractivity contribution >= 4 is 11.6 Å². The summed E-state index contributed by atoms with van der Waals surface area (Å²) in [7, 11) is 1.00. The van der Waals surface area contributed by atoms with E-state index in [0.717, 1.165) is 45.0 Å². The van der Waals surface area contributed by atoms with Crippen LogP contribution in [-0.2, 0) is 17.6 Å². The Labute approximate surface area is 203 Å². The maximum Gasteiger partial charge on any atom is 0.161 e. The second-order valence-corrected chi connectivity index (χ2v) is 8.56. The Morgan fingerprint density at radius 3 is 2.09 bits per heavy atom. The molecule has 1 aliphatic heterocycles. The van der Waals surface area contributed by atoms with Crippen molar-refractivity contribution < 1.29 is 14.7 Å². The molecule has 1 fully saturated rings. The van der Waals surface area contributed by atoms with Crippen LogP contribution in [0.3, 0.4) is 0 Å². The number of rotatable bonds is 6. The van der Waals surface area contributed by atoms with Gasteiger partial charge in [-0.05, 0) is 68.3 Å². The van der Waals surface area contributed by atoms with Gasteiger partial charge in [0.2, 0.25) is 0 Å². The highest BCUT2D eigenvalue weighted by Crippen LogP contribution is 2.21. The van der Waals surface area contributed by atoms with Gasteiger partial charge in [-0.3, -0.25) is 14.6 Å². The van der Waals surface area contributed by atoms with Crippen LogP contribution in [-0.4, -0.2) is 41.9 Å². The van der Waals surface area contributed by atoms with Crippen molar-refractivity contribution in [2.75, 3.05) is 20.2 Å². The zero-order valence-electron chi connectivity index (χ0n) is 20.4. The van der Waals surface area contributed by atoms with Gasteiger partial charge in [0.25, 0.3) is 0 Å². The molecular formula is C29H36N2O3. The van der Waals surface area contributed by atoms with Crippen LogP contribution in [0, 0.1) is 11.8 Å². The quantitative estimate of drug-likeness (QED) is 0.529. The lowest BCUT2D eigenvalue weighted by atomic mass is 9.84. The van der Waals surface area contributed by atoms with Gasteiger partial charge in [0, 0.05) is 37.5 Å². The summed E-state index contributed by atoms with van der Waals surface area (Å²) < 4.78 is 0. The van der Waals surface area contributed by atoms with Gasteiger partial charge in [0.05, 0.1) is 0 Å². The normalized spacial score (nSPS) is 16.8. The summed E-state index contributed by atoms with van der Waals surface area (Å²) in [5, 5.41) is 10.4. The fourth-order valence-corrected chi connectivity index (χ4v) is 4.05. The summed E-state index contributed by atoms with van der Waals surface area (Å²) >= 11 is 0. The predicted octanol–water partition coefficient (Wildman–Crippen LogP) is 4.53. The minimum absolute atomic E-state index is 0.0578. The van der Waals surface area contributed by atoms with Crippen LogP contribution in [0.1, 0.15) is 47.3 Å². The standard InChI is InChI=1S/C14H19NO.C14H13NO.CH4O/c2*1-11(16)14-8-13(9-15-10-14)7-12-5-3-2-4-6-12;1-2/h2-6,13-15H,7-10H2,1H3;2-6,8-10H,7H2,1H3;2H,1H3. The molecule has 1 aliphatic rings. The third-order valence-electron chi connectivity index (χ3n) is 5.84. The first-order valence-electron chi connectivity index (χ1n) is 11.7. The first-order chi connectivity index (χ1) is 16.5. The predicted molar refractivity (Wildman–Crippen MR) is 137 cm³/mol. The maximum atomic E-state index is 11.4. The average Bonchev–Trinajstić information content (AvgIpc) is 2.87. The molecule has 1 saturated heterocycles. The number of carbonyl (C=O) groups excluding carboxylic acids is 2. The van der Waals surface area contributed by atoms with Crippen LogP contribution in [0.5, 0.6) is 0 Å². The molecule has 2 N–H and O–H groups in total. The molecule has 4 rings (SSSR count). The number of benzene rings is 2. The van der Waals surface area contributed by atoms with Gasteiger partial charge in [0.1, 0.15) is 5.78 Å². The molecule has 3 aromatic rings. The molecule has 0 saturated carbocycles. The highest BCUT2D eigenvalue weighted by Gasteiger charge is 2.24. The summed E-state index contributed by atoms with van der Waals surface area (Å²) in [6.45, 7) is 5.17. The number of aliphatic hydroxyl groups excluding tert-OH is 1. The average molecular weight is 461 g/mol. The molecule has 0 aliphatic carbocycles. The number of pyridine rings is 1. The smallest absolute Gasteiger partial charge is 0.161 e. The summed E-state index contributed by atoms with van der Waals surface area (Å²) in [6.07, 6.45) is 6.35. The van der Waals surface area contributed by atoms with Crippen LogP contribution < -0.4 is 5.32 Å². The molecule has 2 heterocycles. The highest BCUT2D eigenvalue weighted by atomic mass is 16.2. The van der Waals surface area contributed by atoms with E-state index >= 15 is 0 Å². The second kappa shape index (κ2) is 14.9. The number of aromatic nitrogens is 1. The Morgan fingerprint density at radius 1 is 0.882 bits per heavy atom. The Balaban J connectivity index is 0.000000224. The van der Waals surface area contributed by atoms with E-state index in [2.05, 4.69) is 46.7 Å². The van der Waals surface area contributed by atoms with Crippen LogP contribution in [0.4, 0.5) is 0 Å². The number of hydrogen-bond acceptors (Lipinski definition) is 5. The van der Waals surface area contributed by atoms with Crippen LogP contribution in [0.2, 0.25) is 0 Å². The molecular weight excluding hydrogens is 424 g/mol. The first-order valence-corrected chi connectivity index (χ1v) is 11.7. The largest absolute Gasteiger partial charge is 0.400 e. The van der Waals surface area contributed by atoms with Crippen LogP contribution >= 0.6 is 0 Å². The first kappa shape index (κ1) is 27.1. The zero-order chi connectivity index (χ0) is 24.8. The highest BCUT2D eigenvalue weighted by molar-refractivity contribution is 5.93. The van der Waals surface area contributed by atoms with E-state index in [1.54, 1.807) is 26.2 Å². The Bertz CT molecular complexity index is 1010. The minimum atomic E-state index is 0.0578. The summed E-state index contributed by atoms with van der Waals surface area (Å²) in [5.41, 5.74) is 4.34. The molecule has 5 nitrogen and oxygen atoms in total. The van der Waals surface area contributed by atoms with Gasteiger partial charge >= 0.3 is 0 Å². The Kier molecular flexibility index (Phi) is 11.9. The molecule has 0 spiro atoms. The third-order valence-corrected chi connectivity index (χ3v) is 5.84. The maximum absolute atomic E-state index is 11.4. The van der Waals surface area contributed by atoms with Crippen molar-refractivity contribution in [3.05, 3.63) is 101 Å². The summed E-state index contributed by atoms with van der Waals surface area (Å²) in [6, 6.07) is 22.6. The molecule has 5 heteroatoms. The number of nitrogens with zero attached hydrogens (tertiary/aromatic N) is 1. The molecule has 180 valence electrons. The minimum Gasteiger partial charge on any atom is -0.400 e. The van der Waals surface area contributed by atoms with E-state index < -0.39 is 0 Å². The third kappa shape index (κ3) is 9.38. The fraction of sp³-hybridized carbons (Fsp3) is 0.345. The lowest BCUT2D eigenvalue weighted by Crippen LogP contribution is -2.39. The molecule has 1 aromatic heterocycles.